The van der Waals surface area contributed by atoms with E-state index in [4.69, 9.17) is 0 Å². The first-order valence-electron chi connectivity index (χ1n) is 8.76. The summed E-state index contributed by atoms with van der Waals surface area (Å²) in [5.74, 6) is 0.596. The van der Waals surface area contributed by atoms with Gasteiger partial charge in [0.15, 0.2) is 0 Å². The molecule has 1 aromatic carbocycles. The molecule has 0 fully saturated rings. The van der Waals surface area contributed by atoms with Crippen molar-refractivity contribution < 1.29 is 0 Å². The Kier molecular flexibility index (Phi) is 10.5. The fourth-order valence-electron chi connectivity index (χ4n) is 2.47. The van der Waals surface area contributed by atoms with E-state index in [-0.39, 0.29) is 0 Å². The minimum absolute atomic E-state index is 0.596. The van der Waals surface area contributed by atoms with Crippen molar-refractivity contribution >= 4 is 6.08 Å². The molecule has 0 N–H and O–H groups in total. The summed E-state index contributed by atoms with van der Waals surface area (Å²) in [6, 6.07) is 10.6. The van der Waals surface area contributed by atoms with Gasteiger partial charge in [-0.15, -0.1) is 0 Å². The molecule has 21 heavy (non-hydrogen) atoms. The highest BCUT2D eigenvalue weighted by molar-refractivity contribution is 5.49. The van der Waals surface area contributed by atoms with Crippen LogP contribution in [0.5, 0.6) is 0 Å². The van der Waals surface area contributed by atoms with Gasteiger partial charge in [0.1, 0.15) is 0 Å². The molecule has 1 unspecified atom stereocenters. The lowest BCUT2D eigenvalue weighted by Gasteiger charge is -2.07. The highest BCUT2D eigenvalue weighted by Gasteiger charge is 2.00. The van der Waals surface area contributed by atoms with Crippen LogP contribution in [0.3, 0.4) is 0 Å². The Morgan fingerprint density at radius 3 is 2.29 bits per heavy atom. The van der Waals surface area contributed by atoms with Crippen LogP contribution in [0.4, 0.5) is 0 Å². The maximum absolute atomic E-state index is 2.42. The van der Waals surface area contributed by atoms with Crippen molar-refractivity contribution in [3.8, 4) is 0 Å². The number of benzene rings is 1. The highest BCUT2D eigenvalue weighted by Crippen LogP contribution is 2.16. The molecule has 0 nitrogen and oxygen atoms in total. The van der Waals surface area contributed by atoms with Crippen molar-refractivity contribution in [2.45, 2.75) is 65.2 Å². The average Bonchev–Trinajstić information content (AvgIpc) is 2.53. The second-order valence-electron chi connectivity index (χ2n) is 5.85. The number of hydrogen-bond donors (Lipinski definition) is 0. The second-order valence-corrected chi connectivity index (χ2v) is 5.85. The molecule has 1 atom stereocenters. The van der Waals surface area contributed by atoms with Gasteiger partial charge in [0, 0.05) is 0 Å². The molecule has 0 aliphatic carbocycles. The number of allylic oxidation sites excluding steroid dienone is 3. The van der Waals surface area contributed by atoms with E-state index in [9.17, 15) is 0 Å². The Morgan fingerprint density at radius 1 is 0.857 bits per heavy atom. The van der Waals surface area contributed by atoms with Crippen LogP contribution in [0.2, 0.25) is 0 Å². The Morgan fingerprint density at radius 2 is 1.57 bits per heavy atom. The van der Waals surface area contributed by atoms with Crippen molar-refractivity contribution in [1.82, 2.24) is 0 Å². The first-order valence-corrected chi connectivity index (χ1v) is 8.76. The molecule has 1 aromatic rings. The van der Waals surface area contributed by atoms with E-state index in [1.165, 1.54) is 56.9 Å². The summed E-state index contributed by atoms with van der Waals surface area (Å²) in [6.07, 6.45) is 19.9. The van der Waals surface area contributed by atoms with Crippen LogP contribution < -0.4 is 0 Å². The molecule has 0 aromatic heterocycles. The van der Waals surface area contributed by atoms with Gasteiger partial charge in [-0.05, 0) is 30.7 Å². The summed E-state index contributed by atoms with van der Waals surface area (Å²) >= 11 is 0. The van der Waals surface area contributed by atoms with E-state index in [2.05, 4.69) is 68.5 Å². The molecule has 116 valence electrons. The molecule has 1 rings (SSSR count). The molecule has 0 radical (unpaired) electrons. The molecule has 0 aliphatic heterocycles. The quantitative estimate of drug-likeness (QED) is 0.302. The van der Waals surface area contributed by atoms with E-state index in [1.807, 2.05) is 0 Å². The zero-order valence-corrected chi connectivity index (χ0v) is 13.9. The Labute approximate surface area is 132 Å². The van der Waals surface area contributed by atoms with Crippen molar-refractivity contribution in [1.29, 1.82) is 0 Å². The van der Waals surface area contributed by atoms with Gasteiger partial charge in [0.05, 0.1) is 0 Å². The summed E-state index contributed by atoms with van der Waals surface area (Å²) in [7, 11) is 0. The van der Waals surface area contributed by atoms with Gasteiger partial charge in [0.2, 0.25) is 0 Å². The maximum atomic E-state index is 2.42. The predicted octanol–water partition coefficient (Wildman–Crippen LogP) is 7.03. The molecule has 0 aliphatic rings. The normalized spacial score (nSPS) is 13.2. The van der Waals surface area contributed by atoms with Gasteiger partial charge >= 0.3 is 0 Å². The van der Waals surface area contributed by atoms with Crippen molar-refractivity contribution in [3.05, 3.63) is 54.1 Å². The number of hydrogen-bond acceptors (Lipinski definition) is 0. The third kappa shape index (κ3) is 9.28. The minimum atomic E-state index is 0.596. The van der Waals surface area contributed by atoms with Crippen LogP contribution in [0.15, 0.2) is 48.6 Å². The van der Waals surface area contributed by atoms with Crippen molar-refractivity contribution in [2.75, 3.05) is 0 Å². The monoisotopic (exact) mass is 284 g/mol. The average molecular weight is 284 g/mol. The molecule has 0 bridgehead atoms. The number of unbranched alkanes of at least 4 members (excludes halogenated alkanes) is 5. The van der Waals surface area contributed by atoms with Gasteiger partial charge in [0.25, 0.3) is 0 Å². The Balaban J connectivity index is 2.48. The molecule has 0 heterocycles. The fourth-order valence-corrected chi connectivity index (χ4v) is 2.47. The summed E-state index contributed by atoms with van der Waals surface area (Å²) in [5, 5.41) is 0. The largest absolute Gasteiger partial charge is 0.0879 e. The molecular formula is C21H32. The van der Waals surface area contributed by atoms with Crippen LogP contribution in [-0.2, 0) is 0 Å². The molecule has 0 saturated heterocycles. The van der Waals surface area contributed by atoms with Gasteiger partial charge in [-0.2, -0.15) is 0 Å². The summed E-state index contributed by atoms with van der Waals surface area (Å²) in [6.45, 7) is 4.54. The number of rotatable bonds is 11. The maximum Gasteiger partial charge on any atom is -0.00502 e. The third-order valence-electron chi connectivity index (χ3n) is 3.83. The fraction of sp³-hybridized carbons (Fsp3) is 0.524. The lowest BCUT2D eigenvalue weighted by atomic mass is 9.98. The van der Waals surface area contributed by atoms with Gasteiger partial charge in [-0.25, -0.2) is 0 Å². The lowest BCUT2D eigenvalue weighted by molar-refractivity contribution is 0.610. The molecule has 0 saturated carbocycles. The minimum Gasteiger partial charge on any atom is -0.0879 e. The second kappa shape index (κ2) is 12.4. The smallest absolute Gasteiger partial charge is 0.00502 e. The summed E-state index contributed by atoms with van der Waals surface area (Å²) in [5.41, 5.74) is 1.30. The van der Waals surface area contributed by atoms with E-state index < -0.39 is 0 Å². The van der Waals surface area contributed by atoms with Gasteiger partial charge in [-0.1, -0.05) is 101 Å². The van der Waals surface area contributed by atoms with Crippen molar-refractivity contribution in [3.63, 3.8) is 0 Å². The predicted molar refractivity (Wildman–Crippen MR) is 96.4 cm³/mol. The van der Waals surface area contributed by atoms with E-state index >= 15 is 0 Å². The first-order chi connectivity index (χ1) is 10.4. The molecule has 0 amide bonds. The van der Waals surface area contributed by atoms with Crippen LogP contribution >= 0.6 is 0 Å². The summed E-state index contributed by atoms with van der Waals surface area (Å²) in [4.78, 5) is 0. The van der Waals surface area contributed by atoms with Crippen LogP contribution in [0.25, 0.3) is 6.08 Å². The van der Waals surface area contributed by atoms with Crippen molar-refractivity contribution in [2.24, 2.45) is 5.92 Å². The van der Waals surface area contributed by atoms with E-state index in [1.54, 1.807) is 0 Å². The third-order valence-corrected chi connectivity index (χ3v) is 3.83. The molecular weight excluding hydrogens is 252 g/mol. The lowest BCUT2D eigenvalue weighted by Crippen LogP contribution is -1.92. The van der Waals surface area contributed by atoms with Gasteiger partial charge < -0.3 is 0 Å². The SMILES string of the molecule is CCCCC/C=C/C(/C=C/c1ccccc1)CCCCC. The molecule has 0 heteroatoms. The Hall–Kier alpha value is -1.30. The van der Waals surface area contributed by atoms with E-state index in [0.717, 1.165) is 0 Å². The van der Waals surface area contributed by atoms with E-state index in [0.29, 0.717) is 5.92 Å². The molecule has 0 spiro atoms. The standard InChI is InChI=1S/C21H32/c1-3-5-7-8-11-15-20(14-10-6-4-2)18-19-21-16-12-9-13-17-21/h9,11-13,15-20H,3-8,10,14H2,1-2H3/b15-11+,19-18+. The topological polar surface area (TPSA) is 0 Å². The van der Waals surface area contributed by atoms with Crippen LogP contribution in [0, 0.1) is 5.92 Å². The zero-order valence-electron chi connectivity index (χ0n) is 13.9. The zero-order chi connectivity index (χ0) is 15.2. The Bertz CT molecular complexity index is 386. The first kappa shape index (κ1) is 17.8. The van der Waals surface area contributed by atoms with Crippen LogP contribution in [-0.4, -0.2) is 0 Å². The summed E-state index contributed by atoms with van der Waals surface area (Å²) < 4.78 is 0. The highest BCUT2D eigenvalue weighted by atomic mass is 14.1. The van der Waals surface area contributed by atoms with Gasteiger partial charge in [-0.3, -0.25) is 0 Å². The van der Waals surface area contributed by atoms with Crippen LogP contribution in [0.1, 0.15) is 70.8 Å².